The number of halogens is 3. The summed E-state index contributed by atoms with van der Waals surface area (Å²) in [5, 5.41) is 0.433. The maximum Gasteiger partial charge on any atom is 0.416 e. The molecule has 3 aromatic carbocycles. The van der Waals surface area contributed by atoms with Crippen LogP contribution in [-0.2, 0) is 6.18 Å². The summed E-state index contributed by atoms with van der Waals surface area (Å²) in [5.41, 5.74) is 1.90. The van der Waals surface area contributed by atoms with E-state index in [1.807, 2.05) is 39.0 Å². The Morgan fingerprint density at radius 3 is 2.41 bits per heavy atom. The zero-order valence-electron chi connectivity index (χ0n) is 21.1. The molecule has 0 saturated heterocycles. The van der Waals surface area contributed by atoms with E-state index in [4.69, 9.17) is 4.98 Å². The first-order chi connectivity index (χ1) is 17.5. The summed E-state index contributed by atoms with van der Waals surface area (Å²) >= 11 is 0. The molecule has 1 unspecified atom stereocenters. The van der Waals surface area contributed by atoms with Gasteiger partial charge >= 0.3 is 6.18 Å². The lowest BCUT2D eigenvalue weighted by atomic mass is 10.1. The average Bonchev–Trinajstić information content (AvgIpc) is 2.88. The van der Waals surface area contributed by atoms with Gasteiger partial charge in [-0.3, -0.25) is 14.2 Å². The molecule has 5 nitrogen and oxygen atoms in total. The Morgan fingerprint density at radius 2 is 1.73 bits per heavy atom. The van der Waals surface area contributed by atoms with Crippen LogP contribution < -0.4 is 5.56 Å². The summed E-state index contributed by atoms with van der Waals surface area (Å²) in [6.07, 6.45) is -4.00. The quantitative estimate of drug-likeness (QED) is 0.294. The Hall–Kier alpha value is -3.94. The van der Waals surface area contributed by atoms with E-state index in [1.54, 1.807) is 31.2 Å². The molecule has 0 aliphatic carbocycles. The van der Waals surface area contributed by atoms with Crippen LogP contribution in [0.3, 0.4) is 0 Å². The minimum atomic E-state index is -4.57. The summed E-state index contributed by atoms with van der Waals surface area (Å²) in [6.45, 7) is 7.81. The highest BCUT2D eigenvalue weighted by Crippen LogP contribution is 2.31. The Balaban J connectivity index is 1.89. The fourth-order valence-corrected chi connectivity index (χ4v) is 4.39. The van der Waals surface area contributed by atoms with Crippen LogP contribution in [0.1, 0.15) is 59.2 Å². The van der Waals surface area contributed by atoms with Gasteiger partial charge in [0.15, 0.2) is 0 Å². The molecule has 4 aromatic rings. The molecule has 4 rings (SSSR count). The van der Waals surface area contributed by atoms with E-state index in [9.17, 15) is 22.8 Å². The molecule has 1 aromatic heterocycles. The lowest BCUT2D eigenvalue weighted by Gasteiger charge is -2.30. The van der Waals surface area contributed by atoms with Crippen LogP contribution in [0.4, 0.5) is 13.2 Å². The number of nitrogens with zero attached hydrogens (tertiary/aromatic N) is 3. The Morgan fingerprint density at radius 1 is 1.00 bits per heavy atom. The number of hydrogen-bond acceptors (Lipinski definition) is 3. The highest BCUT2D eigenvalue weighted by molar-refractivity contribution is 5.94. The summed E-state index contributed by atoms with van der Waals surface area (Å²) < 4.78 is 41.5. The molecule has 1 amide bonds. The van der Waals surface area contributed by atoms with E-state index in [1.165, 1.54) is 21.6 Å². The van der Waals surface area contributed by atoms with Gasteiger partial charge in [-0.05, 0) is 80.8 Å². The molecule has 0 N–H and O–H groups in total. The molecule has 0 spiro atoms. The molecule has 0 bridgehead atoms. The third-order valence-corrected chi connectivity index (χ3v) is 6.55. The highest BCUT2D eigenvalue weighted by atomic mass is 19.4. The van der Waals surface area contributed by atoms with E-state index in [0.29, 0.717) is 28.8 Å². The fraction of sp³-hybridized carbons (Fsp3) is 0.276. The summed E-state index contributed by atoms with van der Waals surface area (Å²) in [7, 11) is 0. The number of alkyl halides is 3. The van der Waals surface area contributed by atoms with Crippen LogP contribution in [0, 0.1) is 13.8 Å². The summed E-state index contributed by atoms with van der Waals surface area (Å²) in [4.78, 5) is 33.6. The van der Waals surface area contributed by atoms with Crippen molar-refractivity contribution in [3.8, 4) is 5.69 Å². The molecule has 1 atom stereocenters. The van der Waals surface area contributed by atoms with E-state index < -0.39 is 23.7 Å². The van der Waals surface area contributed by atoms with Crippen molar-refractivity contribution in [2.24, 2.45) is 0 Å². The number of carbonyl (C=O) groups is 1. The maximum absolute atomic E-state index is 13.7. The van der Waals surface area contributed by atoms with E-state index in [2.05, 4.69) is 0 Å². The monoisotopic (exact) mass is 507 g/mol. The van der Waals surface area contributed by atoms with Gasteiger partial charge in [0.05, 0.1) is 28.2 Å². The van der Waals surface area contributed by atoms with Crippen molar-refractivity contribution < 1.29 is 18.0 Å². The Kier molecular flexibility index (Phi) is 7.21. The number of rotatable bonds is 6. The standard InChI is InChI=1S/C29H28F3N3O2/c1-5-15-34(27(36)21-9-8-10-22(17-21)29(30,31)32)20(4)26-33-25-12-7-6-11-24(25)28(37)35(26)23-14-13-18(2)19(3)16-23/h6-14,16-17,20H,5,15H2,1-4H3. The number of amides is 1. The first-order valence-corrected chi connectivity index (χ1v) is 12.1. The van der Waals surface area contributed by atoms with Crippen molar-refractivity contribution in [1.82, 2.24) is 14.5 Å². The van der Waals surface area contributed by atoms with Crippen LogP contribution in [0.5, 0.6) is 0 Å². The minimum absolute atomic E-state index is 0.0732. The lowest BCUT2D eigenvalue weighted by molar-refractivity contribution is -0.137. The van der Waals surface area contributed by atoms with Crippen molar-refractivity contribution in [3.63, 3.8) is 0 Å². The summed E-state index contributed by atoms with van der Waals surface area (Å²) in [5.74, 6) is -0.227. The van der Waals surface area contributed by atoms with Crippen LogP contribution in [0.2, 0.25) is 0 Å². The molecule has 0 aliphatic heterocycles. The van der Waals surface area contributed by atoms with Crippen LogP contribution in [0.25, 0.3) is 16.6 Å². The van der Waals surface area contributed by atoms with Gasteiger partial charge in [-0.2, -0.15) is 13.2 Å². The number of aromatic nitrogens is 2. The number of para-hydroxylation sites is 1. The largest absolute Gasteiger partial charge is 0.416 e. The zero-order valence-corrected chi connectivity index (χ0v) is 21.1. The molecule has 0 radical (unpaired) electrons. The molecule has 1 heterocycles. The van der Waals surface area contributed by atoms with Crippen LogP contribution in [-0.4, -0.2) is 26.9 Å². The normalized spacial score (nSPS) is 12.5. The smallest absolute Gasteiger partial charge is 0.329 e. The minimum Gasteiger partial charge on any atom is -0.329 e. The van der Waals surface area contributed by atoms with E-state index in [0.717, 1.165) is 23.3 Å². The predicted octanol–water partition coefficient (Wildman–Crippen LogP) is 6.63. The van der Waals surface area contributed by atoms with E-state index >= 15 is 0 Å². The first-order valence-electron chi connectivity index (χ1n) is 12.1. The second-order valence-electron chi connectivity index (χ2n) is 9.15. The zero-order chi connectivity index (χ0) is 26.9. The molecule has 0 aliphatic rings. The number of hydrogen-bond donors (Lipinski definition) is 0. The van der Waals surface area contributed by atoms with Gasteiger partial charge in [-0.1, -0.05) is 31.2 Å². The Labute approximate surface area is 213 Å². The van der Waals surface area contributed by atoms with Gasteiger partial charge in [-0.15, -0.1) is 0 Å². The molecular weight excluding hydrogens is 479 g/mol. The summed E-state index contributed by atoms with van der Waals surface area (Å²) in [6, 6.07) is 16.3. The molecule has 0 saturated carbocycles. The number of aryl methyl sites for hydroxylation is 2. The van der Waals surface area contributed by atoms with Gasteiger partial charge in [0.25, 0.3) is 11.5 Å². The van der Waals surface area contributed by atoms with Gasteiger partial charge in [0, 0.05) is 12.1 Å². The van der Waals surface area contributed by atoms with Crippen molar-refractivity contribution in [2.45, 2.75) is 46.3 Å². The van der Waals surface area contributed by atoms with Crippen molar-refractivity contribution in [1.29, 1.82) is 0 Å². The molecular formula is C29H28F3N3O2. The molecule has 37 heavy (non-hydrogen) atoms. The number of fused-ring (bicyclic) bond motifs is 1. The SMILES string of the molecule is CCCN(C(=O)c1cccc(C(F)(F)F)c1)C(C)c1nc2ccccc2c(=O)n1-c1ccc(C)c(C)c1. The maximum atomic E-state index is 13.7. The first kappa shape index (κ1) is 26.1. The molecule has 8 heteroatoms. The Bertz CT molecular complexity index is 1530. The second kappa shape index (κ2) is 10.2. The van der Waals surface area contributed by atoms with Crippen LogP contribution in [0.15, 0.2) is 71.5 Å². The van der Waals surface area contributed by atoms with Crippen molar-refractivity contribution in [3.05, 3.63) is 105 Å². The predicted molar refractivity (Wildman–Crippen MR) is 138 cm³/mol. The van der Waals surface area contributed by atoms with E-state index in [-0.39, 0.29) is 17.7 Å². The third kappa shape index (κ3) is 5.14. The van der Waals surface area contributed by atoms with Crippen LogP contribution >= 0.6 is 0 Å². The molecule has 0 fully saturated rings. The number of benzene rings is 3. The fourth-order valence-electron chi connectivity index (χ4n) is 4.39. The number of carbonyl (C=O) groups excluding carboxylic acids is 1. The average molecular weight is 508 g/mol. The van der Waals surface area contributed by atoms with Gasteiger partial charge in [0.1, 0.15) is 5.82 Å². The van der Waals surface area contributed by atoms with Gasteiger partial charge in [-0.25, -0.2) is 4.98 Å². The lowest BCUT2D eigenvalue weighted by Crippen LogP contribution is -2.38. The van der Waals surface area contributed by atoms with Crippen molar-refractivity contribution >= 4 is 16.8 Å². The second-order valence-corrected chi connectivity index (χ2v) is 9.15. The van der Waals surface area contributed by atoms with Gasteiger partial charge in [0.2, 0.25) is 0 Å². The van der Waals surface area contributed by atoms with Crippen molar-refractivity contribution in [2.75, 3.05) is 6.54 Å². The molecule has 192 valence electrons. The third-order valence-electron chi connectivity index (χ3n) is 6.55. The topological polar surface area (TPSA) is 55.2 Å². The van der Waals surface area contributed by atoms with Gasteiger partial charge < -0.3 is 4.90 Å². The highest BCUT2D eigenvalue weighted by Gasteiger charge is 2.32.